The van der Waals surface area contributed by atoms with E-state index in [0.717, 1.165) is 29.2 Å². The number of hydrogen-bond donors (Lipinski definition) is 1. The summed E-state index contributed by atoms with van der Waals surface area (Å²) in [5.41, 5.74) is 1.92. The summed E-state index contributed by atoms with van der Waals surface area (Å²) >= 11 is 0. The molecule has 0 fully saturated rings. The van der Waals surface area contributed by atoms with Crippen LogP contribution in [0.2, 0.25) is 0 Å². The molecule has 1 aromatic heterocycles. The fraction of sp³-hybridized carbons (Fsp3) is 0.375. The average Bonchev–Trinajstić information content (AvgIpc) is 2.88. The molecule has 1 atom stereocenters. The van der Waals surface area contributed by atoms with Gasteiger partial charge in [-0.25, -0.2) is 4.39 Å². The summed E-state index contributed by atoms with van der Waals surface area (Å²) < 4.78 is 24.3. The van der Waals surface area contributed by atoms with Gasteiger partial charge in [-0.15, -0.1) is 0 Å². The Morgan fingerprint density at radius 2 is 2.10 bits per heavy atom. The number of aryl methyl sites for hydroxylation is 1. The van der Waals surface area contributed by atoms with Gasteiger partial charge in [0.05, 0.1) is 6.04 Å². The summed E-state index contributed by atoms with van der Waals surface area (Å²) in [6.07, 6.45) is 0. The summed E-state index contributed by atoms with van der Waals surface area (Å²) in [7, 11) is 1.63. The molecule has 0 amide bonds. The Balaban J connectivity index is 2.36. The van der Waals surface area contributed by atoms with Crippen LogP contribution in [-0.2, 0) is 11.3 Å². The van der Waals surface area contributed by atoms with Crippen LogP contribution in [0, 0.1) is 12.7 Å². The second-order valence-corrected chi connectivity index (χ2v) is 4.73. The Kier molecular flexibility index (Phi) is 4.93. The Morgan fingerprint density at radius 3 is 2.80 bits per heavy atom. The van der Waals surface area contributed by atoms with Crippen LogP contribution in [-0.4, -0.2) is 13.7 Å². The van der Waals surface area contributed by atoms with E-state index in [4.69, 9.17) is 9.15 Å². The molecule has 2 rings (SSSR count). The minimum Gasteiger partial charge on any atom is -0.462 e. The second-order valence-electron chi connectivity index (χ2n) is 4.73. The predicted octanol–water partition coefficient (Wildman–Crippen LogP) is 3.57. The van der Waals surface area contributed by atoms with Gasteiger partial charge in [0.2, 0.25) is 0 Å². The van der Waals surface area contributed by atoms with Crippen molar-refractivity contribution in [2.24, 2.45) is 0 Å². The van der Waals surface area contributed by atoms with Gasteiger partial charge in [-0.3, -0.25) is 0 Å². The number of furan rings is 1. The monoisotopic (exact) mass is 277 g/mol. The van der Waals surface area contributed by atoms with Gasteiger partial charge in [-0.2, -0.15) is 0 Å². The maximum Gasteiger partial charge on any atom is 0.129 e. The number of hydrogen-bond acceptors (Lipinski definition) is 3. The highest BCUT2D eigenvalue weighted by atomic mass is 19.1. The van der Waals surface area contributed by atoms with Gasteiger partial charge < -0.3 is 14.5 Å². The Bertz CT molecular complexity index is 565. The minimum absolute atomic E-state index is 0.152. The molecule has 3 nitrogen and oxygen atoms in total. The van der Waals surface area contributed by atoms with Crippen LogP contribution >= 0.6 is 0 Å². The Hall–Kier alpha value is -1.65. The van der Waals surface area contributed by atoms with Gasteiger partial charge in [0.25, 0.3) is 0 Å². The van der Waals surface area contributed by atoms with Crippen molar-refractivity contribution in [3.63, 3.8) is 0 Å². The topological polar surface area (TPSA) is 34.4 Å². The first kappa shape index (κ1) is 14.8. The van der Waals surface area contributed by atoms with Crippen molar-refractivity contribution in [1.82, 2.24) is 5.32 Å². The minimum atomic E-state index is -0.239. The highest BCUT2D eigenvalue weighted by Crippen LogP contribution is 2.27. The smallest absolute Gasteiger partial charge is 0.129 e. The molecule has 0 aliphatic heterocycles. The SMILES string of the molecule is CCNC(c1ccc(COC)o1)c1cc(F)ccc1C. The van der Waals surface area contributed by atoms with Crippen LogP contribution in [0.15, 0.2) is 34.7 Å². The van der Waals surface area contributed by atoms with Crippen molar-refractivity contribution in [2.45, 2.75) is 26.5 Å². The molecule has 0 saturated carbocycles. The third kappa shape index (κ3) is 3.26. The van der Waals surface area contributed by atoms with E-state index in [1.165, 1.54) is 6.07 Å². The van der Waals surface area contributed by atoms with Gasteiger partial charge in [0.15, 0.2) is 0 Å². The maximum absolute atomic E-state index is 13.5. The third-order valence-corrected chi connectivity index (χ3v) is 3.21. The molecule has 0 radical (unpaired) electrons. The van der Waals surface area contributed by atoms with Crippen LogP contribution in [0.25, 0.3) is 0 Å². The van der Waals surface area contributed by atoms with Crippen LogP contribution in [0.1, 0.15) is 35.6 Å². The molecule has 1 N–H and O–H groups in total. The Morgan fingerprint density at radius 1 is 1.30 bits per heavy atom. The third-order valence-electron chi connectivity index (χ3n) is 3.21. The summed E-state index contributed by atoms with van der Waals surface area (Å²) in [6.45, 7) is 5.18. The molecule has 1 heterocycles. The molecular formula is C16H20FNO2. The fourth-order valence-corrected chi connectivity index (χ4v) is 2.26. The molecule has 0 aliphatic rings. The van der Waals surface area contributed by atoms with Crippen LogP contribution in [0.3, 0.4) is 0 Å². The number of benzene rings is 1. The summed E-state index contributed by atoms with van der Waals surface area (Å²) in [5.74, 6) is 1.30. The first-order valence-electron chi connectivity index (χ1n) is 6.72. The molecule has 0 aliphatic carbocycles. The molecule has 1 unspecified atom stereocenters. The van der Waals surface area contributed by atoms with Gasteiger partial charge >= 0.3 is 0 Å². The van der Waals surface area contributed by atoms with Crippen LogP contribution in [0.4, 0.5) is 4.39 Å². The molecular weight excluding hydrogens is 257 g/mol. The van der Waals surface area contributed by atoms with Crippen molar-refractivity contribution < 1.29 is 13.5 Å². The van der Waals surface area contributed by atoms with Crippen molar-refractivity contribution >= 4 is 0 Å². The van der Waals surface area contributed by atoms with E-state index in [9.17, 15) is 4.39 Å². The van der Waals surface area contributed by atoms with Crippen molar-refractivity contribution in [3.05, 3.63) is 58.8 Å². The zero-order chi connectivity index (χ0) is 14.5. The molecule has 0 spiro atoms. The molecule has 4 heteroatoms. The lowest BCUT2D eigenvalue weighted by molar-refractivity contribution is 0.162. The van der Waals surface area contributed by atoms with E-state index >= 15 is 0 Å². The van der Waals surface area contributed by atoms with Crippen LogP contribution in [0.5, 0.6) is 0 Å². The number of nitrogens with one attached hydrogen (secondary N) is 1. The zero-order valence-electron chi connectivity index (χ0n) is 12.1. The zero-order valence-corrected chi connectivity index (χ0v) is 12.1. The van der Waals surface area contributed by atoms with Crippen molar-refractivity contribution in [2.75, 3.05) is 13.7 Å². The molecule has 0 saturated heterocycles. The standard InChI is InChI=1S/C16H20FNO2/c1-4-18-16(14-9-12(17)6-5-11(14)2)15-8-7-13(20-15)10-19-3/h5-9,16,18H,4,10H2,1-3H3. The van der Waals surface area contributed by atoms with Gasteiger partial charge in [0, 0.05) is 7.11 Å². The van der Waals surface area contributed by atoms with Gasteiger partial charge in [0.1, 0.15) is 23.9 Å². The predicted molar refractivity (Wildman–Crippen MR) is 76.1 cm³/mol. The van der Waals surface area contributed by atoms with Crippen molar-refractivity contribution in [3.8, 4) is 0 Å². The lowest BCUT2D eigenvalue weighted by Gasteiger charge is -2.18. The summed E-state index contributed by atoms with van der Waals surface area (Å²) in [5, 5.41) is 3.34. The normalized spacial score (nSPS) is 12.6. The summed E-state index contributed by atoms with van der Waals surface area (Å²) in [6, 6.07) is 8.46. The van der Waals surface area contributed by atoms with Crippen LogP contribution < -0.4 is 5.32 Å². The Labute approximate surface area is 118 Å². The van der Waals surface area contributed by atoms with E-state index in [-0.39, 0.29) is 11.9 Å². The van der Waals surface area contributed by atoms with Crippen molar-refractivity contribution in [1.29, 1.82) is 0 Å². The van der Waals surface area contributed by atoms with Gasteiger partial charge in [-0.05, 0) is 48.9 Å². The first-order chi connectivity index (χ1) is 9.65. The first-order valence-corrected chi connectivity index (χ1v) is 6.72. The number of rotatable bonds is 6. The number of ether oxygens (including phenoxy) is 1. The van der Waals surface area contributed by atoms with E-state index < -0.39 is 0 Å². The molecule has 20 heavy (non-hydrogen) atoms. The lowest BCUT2D eigenvalue weighted by Crippen LogP contribution is -2.22. The number of methoxy groups -OCH3 is 1. The molecule has 1 aromatic carbocycles. The van der Waals surface area contributed by atoms with E-state index in [2.05, 4.69) is 5.32 Å². The maximum atomic E-state index is 13.5. The fourth-order valence-electron chi connectivity index (χ4n) is 2.26. The largest absolute Gasteiger partial charge is 0.462 e. The van der Waals surface area contributed by atoms with E-state index in [1.54, 1.807) is 19.2 Å². The average molecular weight is 277 g/mol. The summed E-state index contributed by atoms with van der Waals surface area (Å²) in [4.78, 5) is 0. The van der Waals surface area contributed by atoms with Gasteiger partial charge in [-0.1, -0.05) is 13.0 Å². The molecule has 2 aromatic rings. The molecule has 0 bridgehead atoms. The number of halogens is 1. The highest BCUT2D eigenvalue weighted by molar-refractivity contribution is 5.34. The quantitative estimate of drug-likeness (QED) is 0.876. The second kappa shape index (κ2) is 6.68. The highest BCUT2D eigenvalue weighted by Gasteiger charge is 2.19. The lowest BCUT2D eigenvalue weighted by atomic mass is 9.99. The molecule has 108 valence electrons. The van der Waals surface area contributed by atoms with E-state index in [0.29, 0.717) is 6.61 Å². The van der Waals surface area contributed by atoms with E-state index in [1.807, 2.05) is 26.0 Å².